The largest absolute Gasteiger partial charge is 0.495 e. The van der Waals surface area contributed by atoms with Crippen molar-refractivity contribution >= 4 is 17.5 Å². The molecule has 150 valence electrons. The van der Waals surface area contributed by atoms with Crippen molar-refractivity contribution < 1.29 is 4.74 Å². The number of pyridine rings is 1. The monoisotopic (exact) mass is 390 g/mol. The summed E-state index contributed by atoms with van der Waals surface area (Å²) in [7, 11) is 1.72. The Balaban J connectivity index is 1.42. The highest BCUT2D eigenvalue weighted by Gasteiger charge is 2.21. The maximum absolute atomic E-state index is 5.51. The Morgan fingerprint density at radius 3 is 2.48 bits per heavy atom. The minimum atomic E-state index is 0.637. The van der Waals surface area contributed by atoms with Gasteiger partial charge in [0.15, 0.2) is 0 Å². The van der Waals surface area contributed by atoms with Crippen molar-refractivity contribution in [2.45, 2.75) is 13.5 Å². The van der Waals surface area contributed by atoms with Crippen molar-refractivity contribution in [1.29, 1.82) is 0 Å². The van der Waals surface area contributed by atoms with Gasteiger partial charge in [-0.15, -0.1) is 0 Å². The maximum atomic E-state index is 5.51. The third kappa shape index (κ3) is 4.56. The minimum absolute atomic E-state index is 0.637. The predicted molar refractivity (Wildman–Crippen MR) is 116 cm³/mol. The molecule has 7 heteroatoms. The number of benzene rings is 1. The van der Waals surface area contributed by atoms with E-state index >= 15 is 0 Å². The average molecular weight is 390 g/mol. The predicted octanol–water partition coefficient (Wildman–Crippen LogP) is 3.13. The second-order valence-electron chi connectivity index (χ2n) is 7.02. The SMILES string of the molecule is COc1ccccc1N1CCN(c2nc(C)cc(NCc3ccccn3)n2)CC1. The van der Waals surface area contributed by atoms with Gasteiger partial charge in [-0.2, -0.15) is 4.98 Å². The van der Waals surface area contributed by atoms with E-state index in [1.807, 2.05) is 49.4 Å². The standard InChI is InChI=1S/C22H26N6O/c1-17-15-21(24-16-18-7-5-6-10-23-18)26-22(25-17)28-13-11-27(12-14-28)19-8-3-4-9-20(19)29-2/h3-10,15H,11-14,16H2,1-2H3,(H,24,25,26). The Morgan fingerprint density at radius 1 is 0.966 bits per heavy atom. The Kier molecular flexibility index (Phi) is 5.74. The third-order valence-electron chi connectivity index (χ3n) is 5.01. The normalized spacial score (nSPS) is 14.0. The molecule has 0 bridgehead atoms. The molecule has 3 aromatic rings. The molecule has 0 radical (unpaired) electrons. The number of aryl methyl sites for hydroxylation is 1. The van der Waals surface area contributed by atoms with Crippen LogP contribution in [0, 0.1) is 6.92 Å². The molecule has 1 aromatic carbocycles. The number of methoxy groups -OCH3 is 1. The molecule has 0 unspecified atom stereocenters. The highest BCUT2D eigenvalue weighted by molar-refractivity contribution is 5.59. The van der Waals surface area contributed by atoms with Crippen LogP contribution in [0.5, 0.6) is 5.75 Å². The lowest BCUT2D eigenvalue weighted by molar-refractivity contribution is 0.413. The third-order valence-corrected chi connectivity index (χ3v) is 5.01. The van der Waals surface area contributed by atoms with Crippen LogP contribution < -0.4 is 19.9 Å². The topological polar surface area (TPSA) is 66.4 Å². The zero-order valence-electron chi connectivity index (χ0n) is 16.9. The molecule has 0 spiro atoms. The first kappa shape index (κ1) is 19.0. The number of hydrogen-bond acceptors (Lipinski definition) is 7. The zero-order chi connectivity index (χ0) is 20.1. The molecule has 29 heavy (non-hydrogen) atoms. The summed E-state index contributed by atoms with van der Waals surface area (Å²) in [6.45, 7) is 6.16. The number of nitrogens with one attached hydrogen (secondary N) is 1. The van der Waals surface area contributed by atoms with Gasteiger partial charge < -0.3 is 19.9 Å². The fourth-order valence-corrected chi connectivity index (χ4v) is 3.51. The number of para-hydroxylation sites is 2. The van der Waals surface area contributed by atoms with Gasteiger partial charge in [0.25, 0.3) is 0 Å². The summed E-state index contributed by atoms with van der Waals surface area (Å²) < 4.78 is 5.51. The Morgan fingerprint density at radius 2 is 1.72 bits per heavy atom. The molecule has 1 fully saturated rings. The van der Waals surface area contributed by atoms with Crippen molar-refractivity contribution in [1.82, 2.24) is 15.0 Å². The summed E-state index contributed by atoms with van der Waals surface area (Å²) in [5.74, 6) is 2.51. The molecule has 0 amide bonds. The molecule has 1 saturated heterocycles. The highest BCUT2D eigenvalue weighted by Crippen LogP contribution is 2.29. The molecular weight excluding hydrogens is 364 g/mol. The molecule has 1 aliphatic heterocycles. The quantitative estimate of drug-likeness (QED) is 0.694. The lowest BCUT2D eigenvalue weighted by Gasteiger charge is -2.36. The smallest absolute Gasteiger partial charge is 0.227 e. The number of anilines is 3. The fourth-order valence-electron chi connectivity index (χ4n) is 3.51. The number of piperazine rings is 1. The number of rotatable bonds is 6. The molecular formula is C22H26N6O. The van der Waals surface area contributed by atoms with Gasteiger partial charge in [0.2, 0.25) is 5.95 Å². The van der Waals surface area contributed by atoms with Gasteiger partial charge in [-0.05, 0) is 31.2 Å². The summed E-state index contributed by atoms with van der Waals surface area (Å²) in [6.07, 6.45) is 1.80. The lowest BCUT2D eigenvalue weighted by atomic mass is 10.2. The molecule has 1 aliphatic rings. The van der Waals surface area contributed by atoms with Crippen LogP contribution in [0.3, 0.4) is 0 Å². The van der Waals surface area contributed by atoms with Gasteiger partial charge in [0.05, 0.1) is 25.0 Å². The van der Waals surface area contributed by atoms with E-state index in [0.717, 1.165) is 60.8 Å². The molecule has 7 nitrogen and oxygen atoms in total. The van der Waals surface area contributed by atoms with Gasteiger partial charge in [0, 0.05) is 44.1 Å². The molecule has 4 rings (SSSR count). The van der Waals surface area contributed by atoms with Gasteiger partial charge >= 0.3 is 0 Å². The molecule has 2 aromatic heterocycles. The summed E-state index contributed by atoms with van der Waals surface area (Å²) in [5, 5.41) is 3.36. The van der Waals surface area contributed by atoms with E-state index in [0.29, 0.717) is 6.54 Å². The van der Waals surface area contributed by atoms with Crippen molar-refractivity contribution in [3.8, 4) is 5.75 Å². The van der Waals surface area contributed by atoms with Gasteiger partial charge in [0.1, 0.15) is 11.6 Å². The van der Waals surface area contributed by atoms with Crippen LogP contribution in [0.2, 0.25) is 0 Å². The summed E-state index contributed by atoms with van der Waals surface area (Å²) in [4.78, 5) is 18.3. The molecule has 1 N–H and O–H groups in total. The van der Waals surface area contributed by atoms with Crippen LogP contribution >= 0.6 is 0 Å². The number of hydrogen-bond donors (Lipinski definition) is 1. The summed E-state index contributed by atoms with van der Waals surface area (Å²) >= 11 is 0. The van der Waals surface area contributed by atoms with Crippen LogP contribution in [0.15, 0.2) is 54.7 Å². The highest BCUT2D eigenvalue weighted by atomic mass is 16.5. The zero-order valence-corrected chi connectivity index (χ0v) is 16.9. The van der Waals surface area contributed by atoms with E-state index < -0.39 is 0 Å². The Hall–Kier alpha value is -3.35. The maximum Gasteiger partial charge on any atom is 0.227 e. The van der Waals surface area contributed by atoms with Gasteiger partial charge in [-0.1, -0.05) is 18.2 Å². The van der Waals surface area contributed by atoms with E-state index in [2.05, 4.69) is 31.2 Å². The lowest BCUT2D eigenvalue weighted by Crippen LogP contribution is -2.47. The van der Waals surface area contributed by atoms with Crippen LogP contribution in [-0.4, -0.2) is 48.2 Å². The second kappa shape index (κ2) is 8.77. The van der Waals surface area contributed by atoms with Gasteiger partial charge in [-0.3, -0.25) is 4.98 Å². The van der Waals surface area contributed by atoms with E-state index in [-0.39, 0.29) is 0 Å². The summed E-state index contributed by atoms with van der Waals surface area (Å²) in [5.41, 5.74) is 3.07. The minimum Gasteiger partial charge on any atom is -0.495 e. The van der Waals surface area contributed by atoms with Crippen LogP contribution in [0.4, 0.5) is 17.5 Å². The van der Waals surface area contributed by atoms with Crippen LogP contribution in [0.25, 0.3) is 0 Å². The number of aromatic nitrogens is 3. The average Bonchev–Trinajstić information content (AvgIpc) is 2.78. The number of nitrogens with zero attached hydrogens (tertiary/aromatic N) is 5. The van der Waals surface area contributed by atoms with E-state index in [1.165, 1.54) is 0 Å². The van der Waals surface area contributed by atoms with Crippen molar-refractivity contribution in [3.63, 3.8) is 0 Å². The first-order valence-electron chi connectivity index (χ1n) is 9.85. The summed E-state index contributed by atoms with van der Waals surface area (Å²) in [6, 6.07) is 16.0. The second-order valence-corrected chi connectivity index (χ2v) is 7.02. The molecule has 3 heterocycles. The van der Waals surface area contributed by atoms with E-state index in [4.69, 9.17) is 9.72 Å². The Labute approximate surface area is 171 Å². The Bertz CT molecular complexity index is 941. The first-order chi connectivity index (χ1) is 14.2. The first-order valence-corrected chi connectivity index (χ1v) is 9.85. The molecule has 0 atom stereocenters. The van der Waals surface area contributed by atoms with E-state index in [1.54, 1.807) is 13.3 Å². The van der Waals surface area contributed by atoms with Crippen molar-refractivity contribution in [2.24, 2.45) is 0 Å². The van der Waals surface area contributed by atoms with Gasteiger partial charge in [-0.25, -0.2) is 4.98 Å². The number of ether oxygens (including phenoxy) is 1. The molecule has 0 saturated carbocycles. The van der Waals surface area contributed by atoms with Crippen molar-refractivity contribution in [3.05, 3.63) is 66.1 Å². The van der Waals surface area contributed by atoms with E-state index in [9.17, 15) is 0 Å². The van der Waals surface area contributed by atoms with Crippen molar-refractivity contribution in [2.75, 3.05) is 48.4 Å². The molecule has 0 aliphatic carbocycles. The van der Waals surface area contributed by atoms with Crippen LogP contribution in [-0.2, 0) is 6.54 Å². The van der Waals surface area contributed by atoms with Crippen LogP contribution in [0.1, 0.15) is 11.4 Å². The fraction of sp³-hybridized carbons (Fsp3) is 0.318.